The molecule has 0 saturated carbocycles. The van der Waals surface area contributed by atoms with E-state index < -0.39 is 0 Å². The van der Waals surface area contributed by atoms with Crippen molar-refractivity contribution in [2.75, 3.05) is 6.61 Å². The Hall–Kier alpha value is -0.990. The molecule has 0 aliphatic carbocycles. The molecule has 4 heteroatoms. The van der Waals surface area contributed by atoms with E-state index >= 15 is 0 Å². The van der Waals surface area contributed by atoms with Crippen molar-refractivity contribution in [1.29, 1.82) is 0 Å². The van der Waals surface area contributed by atoms with Crippen molar-refractivity contribution < 1.29 is 9.53 Å². The molecular formula is C12H12Cl2O2. The first-order valence-electron chi connectivity index (χ1n) is 4.93. The van der Waals surface area contributed by atoms with E-state index in [1.807, 2.05) is 6.92 Å². The summed E-state index contributed by atoms with van der Waals surface area (Å²) in [6.07, 6.45) is 3.82. The summed E-state index contributed by atoms with van der Waals surface area (Å²) in [7, 11) is 0. The van der Waals surface area contributed by atoms with Gasteiger partial charge in [-0.3, -0.25) is 0 Å². The van der Waals surface area contributed by atoms with E-state index in [1.165, 1.54) is 6.08 Å². The third-order valence-corrected chi connectivity index (χ3v) is 2.54. The molecule has 2 nitrogen and oxygen atoms in total. The lowest BCUT2D eigenvalue weighted by Crippen LogP contribution is -2.00. The molecule has 1 aromatic carbocycles. The lowest BCUT2D eigenvalue weighted by atomic mass is 10.2. The van der Waals surface area contributed by atoms with E-state index in [2.05, 4.69) is 0 Å². The molecule has 0 fully saturated rings. The summed E-state index contributed by atoms with van der Waals surface area (Å²) in [6.45, 7) is 2.38. The standard InChI is InChI=1S/C12H12Cl2O2/c1-2-7-16-12(15)6-4-9-3-5-10(13)11(14)8-9/h3-6,8H,2,7H2,1H3/b6-4+. The number of carbonyl (C=O) groups excluding carboxylic acids is 1. The molecule has 16 heavy (non-hydrogen) atoms. The largest absolute Gasteiger partial charge is 0.463 e. The highest BCUT2D eigenvalue weighted by molar-refractivity contribution is 6.42. The van der Waals surface area contributed by atoms with Crippen LogP contribution in [-0.2, 0) is 9.53 Å². The third-order valence-electron chi connectivity index (χ3n) is 1.80. The SMILES string of the molecule is CCCOC(=O)/C=C/c1ccc(Cl)c(Cl)c1. The Morgan fingerprint density at radius 2 is 2.12 bits per heavy atom. The molecule has 0 unspecified atom stereocenters. The van der Waals surface area contributed by atoms with Crippen LogP contribution in [0.4, 0.5) is 0 Å². The molecule has 0 aromatic heterocycles. The topological polar surface area (TPSA) is 26.3 Å². The van der Waals surface area contributed by atoms with Crippen molar-refractivity contribution in [2.24, 2.45) is 0 Å². The van der Waals surface area contributed by atoms with Crippen LogP contribution in [0.15, 0.2) is 24.3 Å². The van der Waals surface area contributed by atoms with Crippen LogP contribution in [0.25, 0.3) is 6.08 Å². The maximum atomic E-state index is 11.2. The Labute approximate surface area is 105 Å². The Kier molecular flexibility index (Phi) is 5.36. The monoisotopic (exact) mass is 258 g/mol. The molecular weight excluding hydrogens is 247 g/mol. The van der Waals surface area contributed by atoms with Crippen LogP contribution in [-0.4, -0.2) is 12.6 Å². The quantitative estimate of drug-likeness (QED) is 0.604. The van der Waals surface area contributed by atoms with E-state index in [1.54, 1.807) is 24.3 Å². The average Bonchev–Trinajstić information content (AvgIpc) is 2.28. The molecule has 0 amide bonds. The number of carbonyl (C=O) groups is 1. The molecule has 0 radical (unpaired) electrons. The van der Waals surface area contributed by atoms with Crippen LogP contribution in [0.3, 0.4) is 0 Å². The second-order valence-electron chi connectivity index (χ2n) is 3.17. The molecule has 0 aliphatic heterocycles. The predicted octanol–water partition coefficient (Wildman–Crippen LogP) is 3.96. The Morgan fingerprint density at radius 3 is 2.75 bits per heavy atom. The molecule has 0 N–H and O–H groups in total. The van der Waals surface area contributed by atoms with Crippen molar-refractivity contribution in [2.45, 2.75) is 13.3 Å². The Morgan fingerprint density at radius 1 is 1.38 bits per heavy atom. The van der Waals surface area contributed by atoms with Crippen LogP contribution < -0.4 is 0 Å². The lowest BCUT2D eigenvalue weighted by molar-refractivity contribution is -0.137. The van der Waals surface area contributed by atoms with Gasteiger partial charge >= 0.3 is 5.97 Å². The smallest absolute Gasteiger partial charge is 0.330 e. The summed E-state index contributed by atoms with van der Waals surface area (Å²) in [5.74, 6) is -0.354. The molecule has 0 atom stereocenters. The first-order chi connectivity index (χ1) is 7.63. The van der Waals surface area contributed by atoms with E-state index in [-0.39, 0.29) is 5.97 Å². The minimum atomic E-state index is -0.354. The van der Waals surface area contributed by atoms with Crippen LogP contribution in [0.2, 0.25) is 10.0 Å². The van der Waals surface area contributed by atoms with Gasteiger partial charge in [-0.2, -0.15) is 0 Å². The summed E-state index contributed by atoms with van der Waals surface area (Å²) in [6, 6.07) is 5.15. The van der Waals surface area contributed by atoms with Gasteiger partial charge in [-0.15, -0.1) is 0 Å². The van der Waals surface area contributed by atoms with E-state index in [9.17, 15) is 4.79 Å². The molecule has 0 spiro atoms. The summed E-state index contributed by atoms with van der Waals surface area (Å²) < 4.78 is 4.88. The Bertz CT molecular complexity index is 400. The van der Waals surface area contributed by atoms with Crippen LogP contribution >= 0.6 is 23.2 Å². The van der Waals surface area contributed by atoms with Crippen molar-refractivity contribution >= 4 is 35.2 Å². The van der Waals surface area contributed by atoms with Gasteiger partial charge < -0.3 is 4.74 Å². The average molecular weight is 259 g/mol. The molecule has 0 aliphatic rings. The molecule has 0 saturated heterocycles. The summed E-state index contributed by atoms with van der Waals surface area (Å²) in [5.41, 5.74) is 0.808. The number of hydrogen-bond acceptors (Lipinski definition) is 2. The second-order valence-corrected chi connectivity index (χ2v) is 3.99. The minimum absolute atomic E-state index is 0.354. The number of halogens is 2. The molecule has 1 rings (SSSR count). The Balaban J connectivity index is 2.62. The van der Waals surface area contributed by atoms with Crippen molar-refractivity contribution in [3.63, 3.8) is 0 Å². The fourth-order valence-corrected chi connectivity index (χ4v) is 1.34. The zero-order chi connectivity index (χ0) is 12.0. The number of hydrogen-bond donors (Lipinski definition) is 0. The number of benzene rings is 1. The molecule has 0 bridgehead atoms. The van der Waals surface area contributed by atoms with Gasteiger partial charge in [0.05, 0.1) is 16.7 Å². The first-order valence-corrected chi connectivity index (χ1v) is 5.69. The fourth-order valence-electron chi connectivity index (χ4n) is 1.03. The number of esters is 1. The first kappa shape index (κ1) is 13.1. The number of rotatable bonds is 4. The highest BCUT2D eigenvalue weighted by Crippen LogP contribution is 2.23. The predicted molar refractivity (Wildman–Crippen MR) is 66.7 cm³/mol. The van der Waals surface area contributed by atoms with Crippen molar-refractivity contribution in [1.82, 2.24) is 0 Å². The zero-order valence-electron chi connectivity index (χ0n) is 8.87. The van der Waals surface area contributed by atoms with Gasteiger partial charge in [0.2, 0.25) is 0 Å². The van der Waals surface area contributed by atoms with Gasteiger partial charge in [0.15, 0.2) is 0 Å². The van der Waals surface area contributed by atoms with Gasteiger partial charge in [0.1, 0.15) is 0 Å². The molecule has 86 valence electrons. The summed E-state index contributed by atoms with van der Waals surface area (Å²) in [5, 5.41) is 0.957. The van der Waals surface area contributed by atoms with Crippen molar-refractivity contribution in [3.05, 3.63) is 39.9 Å². The minimum Gasteiger partial charge on any atom is -0.463 e. The maximum absolute atomic E-state index is 11.2. The number of ether oxygens (including phenoxy) is 1. The van der Waals surface area contributed by atoms with E-state index in [0.717, 1.165) is 12.0 Å². The fraction of sp³-hybridized carbons (Fsp3) is 0.250. The summed E-state index contributed by atoms with van der Waals surface area (Å²) in [4.78, 5) is 11.2. The van der Waals surface area contributed by atoms with Gasteiger partial charge in [0.25, 0.3) is 0 Å². The van der Waals surface area contributed by atoms with E-state index in [0.29, 0.717) is 16.7 Å². The third kappa shape index (κ3) is 4.25. The van der Waals surface area contributed by atoms with Gasteiger partial charge in [0, 0.05) is 6.08 Å². The van der Waals surface area contributed by atoms with Gasteiger partial charge in [-0.05, 0) is 30.2 Å². The highest BCUT2D eigenvalue weighted by Gasteiger charge is 1.98. The molecule has 1 aromatic rings. The maximum Gasteiger partial charge on any atom is 0.330 e. The normalized spacial score (nSPS) is 10.7. The zero-order valence-corrected chi connectivity index (χ0v) is 10.4. The van der Waals surface area contributed by atoms with Gasteiger partial charge in [-0.1, -0.05) is 36.2 Å². The van der Waals surface area contributed by atoms with Crippen molar-refractivity contribution in [3.8, 4) is 0 Å². The highest BCUT2D eigenvalue weighted by atomic mass is 35.5. The lowest BCUT2D eigenvalue weighted by Gasteiger charge is -1.99. The van der Waals surface area contributed by atoms with Crippen LogP contribution in [0.1, 0.15) is 18.9 Å². The summed E-state index contributed by atoms with van der Waals surface area (Å²) >= 11 is 11.6. The molecule has 0 heterocycles. The van der Waals surface area contributed by atoms with Crippen LogP contribution in [0.5, 0.6) is 0 Å². The second kappa shape index (κ2) is 6.56. The van der Waals surface area contributed by atoms with Gasteiger partial charge in [-0.25, -0.2) is 4.79 Å². The van der Waals surface area contributed by atoms with Crippen LogP contribution in [0, 0.1) is 0 Å². The van der Waals surface area contributed by atoms with E-state index in [4.69, 9.17) is 27.9 Å².